The monoisotopic (exact) mass is 936 g/mol. The highest BCUT2D eigenvalue weighted by Crippen LogP contribution is 2.42. The van der Waals surface area contributed by atoms with Gasteiger partial charge < -0.3 is 29.1 Å². The first kappa shape index (κ1) is 51.1. The standard InChI is InChI=1S/C27H31ClN2O4.C25H27ClN2O4/c1-8-33-26(32)24(34-27(3,4)5)22-16(2)15-21-19(13-14-20(29-21)25(31)30(6)7)23(22)17-9-11-18(28)12-10-17;1-14-13-19-17(11-12-18(27-19)23(29)28(5)6)21(15-7-9-16(26)10-8-15)20(14)22(24(30)31)32-25(2,3)4/h9-15,24H,8H2,1-7H3;7-13,22H,1-6H3,(H,30,31)/t24-;22-/m00/s1. The molecule has 2 aromatic heterocycles. The van der Waals surface area contributed by atoms with Gasteiger partial charge in [0, 0.05) is 60.1 Å². The molecule has 0 unspecified atom stereocenters. The van der Waals surface area contributed by atoms with Crippen LogP contribution in [0.25, 0.3) is 44.1 Å². The number of rotatable bonds is 11. The summed E-state index contributed by atoms with van der Waals surface area (Å²) < 4.78 is 17.7. The topological polar surface area (TPSA) is 148 Å². The molecule has 2 atom stereocenters. The molecule has 0 saturated carbocycles. The zero-order valence-corrected chi connectivity index (χ0v) is 41.3. The van der Waals surface area contributed by atoms with Gasteiger partial charge in [0.05, 0.1) is 28.8 Å². The number of hydrogen-bond acceptors (Lipinski definition) is 9. The number of aliphatic carboxylic acids is 1. The van der Waals surface area contributed by atoms with Gasteiger partial charge in [-0.1, -0.05) is 47.5 Å². The number of hydrogen-bond donors (Lipinski definition) is 1. The second-order valence-electron chi connectivity index (χ2n) is 18.2. The fourth-order valence-electron chi connectivity index (χ4n) is 7.45. The Morgan fingerprint density at radius 2 is 0.970 bits per heavy atom. The van der Waals surface area contributed by atoms with E-state index in [1.54, 1.807) is 77.6 Å². The van der Waals surface area contributed by atoms with Crippen molar-refractivity contribution in [3.63, 3.8) is 0 Å². The number of ether oxygens (including phenoxy) is 3. The summed E-state index contributed by atoms with van der Waals surface area (Å²) >= 11 is 12.3. The lowest BCUT2D eigenvalue weighted by Crippen LogP contribution is -2.29. The Hall–Kier alpha value is -5.92. The highest BCUT2D eigenvalue weighted by molar-refractivity contribution is 6.31. The molecule has 0 aliphatic rings. The van der Waals surface area contributed by atoms with Crippen LogP contribution in [0.4, 0.5) is 0 Å². The lowest BCUT2D eigenvalue weighted by Gasteiger charge is -2.29. The minimum atomic E-state index is -1.19. The number of pyridine rings is 2. The Morgan fingerprint density at radius 1 is 0.606 bits per heavy atom. The van der Waals surface area contributed by atoms with E-state index in [1.807, 2.05) is 97.9 Å². The molecule has 1 N–H and O–H groups in total. The summed E-state index contributed by atoms with van der Waals surface area (Å²) in [5.74, 6) is -1.93. The van der Waals surface area contributed by atoms with Crippen LogP contribution in [0.1, 0.15) is 104 Å². The number of halogens is 2. The van der Waals surface area contributed by atoms with E-state index in [-0.39, 0.29) is 18.4 Å². The number of esters is 1. The number of carboxylic acid groups (broad SMARTS) is 1. The second kappa shape index (κ2) is 20.7. The van der Waals surface area contributed by atoms with Crippen molar-refractivity contribution >= 4 is 68.8 Å². The van der Waals surface area contributed by atoms with Gasteiger partial charge in [-0.25, -0.2) is 19.6 Å². The van der Waals surface area contributed by atoms with Crippen molar-refractivity contribution in [2.45, 2.75) is 85.7 Å². The van der Waals surface area contributed by atoms with Gasteiger partial charge >= 0.3 is 11.9 Å². The maximum atomic E-state index is 13.1. The molecule has 4 aromatic carbocycles. The van der Waals surface area contributed by atoms with Crippen LogP contribution in [0.5, 0.6) is 0 Å². The van der Waals surface area contributed by atoms with Crippen LogP contribution in [-0.2, 0) is 23.8 Å². The van der Waals surface area contributed by atoms with Gasteiger partial charge in [0.2, 0.25) is 0 Å². The number of benzene rings is 4. The van der Waals surface area contributed by atoms with Gasteiger partial charge in [-0.05, 0) is 156 Å². The lowest BCUT2D eigenvalue weighted by molar-refractivity contribution is -0.166. The first-order chi connectivity index (χ1) is 30.8. The molecular weight excluding hydrogens is 879 g/mol. The molecule has 348 valence electrons. The van der Waals surface area contributed by atoms with Crippen LogP contribution in [0.2, 0.25) is 10.0 Å². The molecule has 2 amide bonds. The average molecular weight is 938 g/mol. The number of carbonyl (C=O) groups is 4. The van der Waals surface area contributed by atoms with Crippen LogP contribution in [0.15, 0.2) is 84.9 Å². The van der Waals surface area contributed by atoms with E-state index in [4.69, 9.17) is 37.4 Å². The van der Waals surface area contributed by atoms with Crippen LogP contribution in [0.3, 0.4) is 0 Å². The summed E-state index contributed by atoms with van der Waals surface area (Å²) in [7, 11) is 6.72. The van der Waals surface area contributed by atoms with Gasteiger partial charge in [0.25, 0.3) is 11.8 Å². The third-order valence-corrected chi connectivity index (χ3v) is 10.7. The second-order valence-corrected chi connectivity index (χ2v) is 19.1. The summed E-state index contributed by atoms with van der Waals surface area (Å²) in [6.45, 7) is 16.9. The number of amides is 2. The summed E-state index contributed by atoms with van der Waals surface area (Å²) in [6.07, 6.45) is -2.13. The Kier molecular flexibility index (Phi) is 16.0. The molecule has 66 heavy (non-hydrogen) atoms. The molecule has 0 spiro atoms. The van der Waals surface area contributed by atoms with Crippen LogP contribution >= 0.6 is 23.2 Å². The molecule has 0 aliphatic heterocycles. The van der Waals surface area contributed by atoms with Gasteiger partial charge in [-0.3, -0.25) is 9.59 Å². The fourth-order valence-corrected chi connectivity index (χ4v) is 7.70. The number of aromatic nitrogens is 2. The predicted molar refractivity (Wildman–Crippen MR) is 261 cm³/mol. The van der Waals surface area contributed by atoms with Gasteiger partial charge in [-0.15, -0.1) is 0 Å². The maximum Gasteiger partial charge on any atom is 0.339 e. The maximum absolute atomic E-state index is 13.1. The van der Waals surface area contributed by atoms with Crippen molar-refractivity contribution in [3.8, 4) is 22.3 Å². The van der Waals surface area contributed by atoms with E-state index in [9.17, 15) is 24.3 Å². The third kappa shape index (κ3) is 12.1. The van der Waals surface area contributed by atoms with Crippen molar-refractivity contribution in [2.75, 3.05) is 34.8 Å². The molecule has 0 aliphatic carbocycles. The van der Waals surface area contributed by atoms with Crippen molar-refractivity contribution in [1.82, 2.24) is 19.8 Å². The molecule has 12 nitrogen and oxygen atoms in total. The normalized spacial score (nSPS) is 12.5. The lowest BCUT2D eigenvalue weighted by atomic mass is 9.88. The zero-order chi connectivity index (χ0) is 49.0. The first-order valence-corrected chi connectivity index (χ1v) is 22.2. The van der Waals surface area contributed by atoms with Crippen LogP contribution in [-0.4, -0.2) is 94.6 Å². The average Bonchev–Trinajstić information content (AvgIpc) is 3.23. The number of nitrogens with zero attached hydrogens (tertiary/aromatic N) is 4. The van der Waals surface area contributed by atoms with E-state index >= 15 is 0 Å². The highest BCUT2D eigenvalue weighted by atomic mass is 35.5. The molecule has 0 radical (unpaired) electrons. The summed E-state index contributed by atoms with van der Waals surface area (Å²) in [6, 6.07) is 25.3. The van der Waals surface area contributed by atoms with E-state index < -0.39 is 35.3 Å². The van der Waals surface area contributed by atoms with Gasteiger partial charge in [0.1, 0.15) is 11.4 Å². The van der Waals surface area contributed by atoms with E-state index in [0.29, 0.717) is 54.7 Å². The smallest absolute Gasteiger partial charge is 0.339 e. The number of fused-ring (bicyclic) bond motifs is 2. The largest absolute Gasteiger partial charge is 0.479 e. The summed E-state index contributed by atoms with van der Waals surface area (Å²) in [5.41, 5.74) is 6.55. The highest BCUT2D eigenvalue weighted by Gasteiger charge is 2.34. The third-order valence-electron chi connectivity index (χ3n) is 10.2. The fraction of sp³-hybridized carbons (Fsp3) is 0.346. The molecular formula is C52H58Cl2N4O8. The van der Waals surface area contributed by atoms with Crippen molar-refractivity contribution in [1.29, 1.82) is 0 Å². The van der Waals surface area contributed by atoms with E-state index in [2.05, 4.69) is 9.97 Å². The van der Waals surface area contributed by atoms with E-state index in [0.717, 1.165) is 33.0 Å². The molecule has 0 bridgehead atoms. The van der Waals surface area contributed by atoms with Gasteiger partial charge in [-0.2, -0.15) is 0 Å². The van der Waals surface area contributed by atoms with Crippen LogP contribution < -0.4 is 0 Å². The SMILES string of the molecule is CCOC(=O)[C@@H](OC(C)(C)C)c1c(C)cc2nc(C(=O)N(C)C)ccc2c1-c1ccc(Cl)cc1.Cc1cc2nc(C(=O)N(C)C)ccc2c(-c2ccc(Cl)cc2)c1[C@H](OC(C)(C)C)C(=O)O. The summed E-state index contributed by atoms with van der Waals surface area (Å²) in [4.78, 5) is 62.6. The molecule has 0 fully saturated rings. The predicted octanol–water partition coefficient (Wildman–Crippen LogP) is 11.5. The minimum absolute atomic E-state index is 0.183. The molecule has 6 rings (SSSR count). The first-order valence-electron chi connectivity index (χ1n) is 21.4. The Labute approximate surface area is 396 Å². The molecule has 0 saturated heterocycles. The van der Waals surface area contributed by atoms with Crippen molar-refractivity contribution in [2.24, 2.45) is 0 Å². The minimum Gasteiger partial charge on any atom is -0.479 e. The zero-order valence-electron chi connectivity index (χ0n) is 39.8. The number of carbonyl (C=O) groups excluding carboxylic acids is 3. The molecule has 14 heteroatoms. The molecule has 2 heterocycles. The van der Waals surface area contributed by atoms with Crippen molar-refractivity contribution in [3.05, 3.63) is 129 Å². The molecule has 6 aromatic rings. The van der Waals surface area contributed by atoms with Crippen molar-refractivity contribution < 1.29 is 38.5 Å². The number of carboxylic acids is 1. The number of aryl methyl sites for hydroxylation is 2. The van der Waals surface area contributed by atoms with E-state index in [1.165, 1.54) is 9.80 Å². The Morgan fingerprint density at radius 3 is 1.30 bits per heavy atom. The van der Waals surface area contributed by atoms with Gasteiger partial charge in [0.15, 0.2) is 12.2 Å². The summed E-state index contributed by atoms with van der Waals surface area (Å²) in [5, 5.41) is 12.8. The quantitative estimate of drug-likeness (QED) is 0.124. The Balaban J connectivity index is 0.000000248. The van der Waals surface area contributed by atoms with Crippen LogP contribution in [0, 0.1) is 13.8 Å². The Bertz CT molecular complexity index is 2780.